The number of nitrogens with one attached hydrogen (secondary N) is 1. The Labute approximate surface area is 317 Å². The Morgan fingerprint density at radius 1 is 1.02 bits per heavy atom. The predicted octanol–water partition coefficient (Wildman–Crippen LogP) is 8.42. The lowest BCUT2D eigenvalue weighted by molar-refractivity contribution is -0.223. The third-order valence-electron chi connectivity index (χ3n) is 10.4. The standard InChI is InChI=1S/C43H52N2O7S/c1-3-25-49-43-39(53-33-18-9-6-10-19-33)28-37(45-50-4-2)35-26-31(17-11-13-23-46)34(20-12-14-24-47)40(41(35)43)36-27-32(21-22-38(36)52-43)51-42(48)44-29-30-15-7-5-8-16-30/h3,5-10,15-16,18-19,21-22,26-27,31,34,39-41,46-47H,1,4,11-14,17,20,23-25,28-29H2,2H3,(H,44,48). The van der Waals surface area contributed by atoms with Crippen molar-refractivity contribution in [2.75, 3.05) is 26.4 Å². The maximum atomic E-state index is 13.1. The molecular weight excluding hydrogens is 689 g/mol. The van der Waals surface area contributed by atoms with Gasteiger partial charge in [0.1, 0.15) is 18.1 Å². The van der Waals surface area contributed by atoms with E-state index in [1.807, 2.05) is 67.6 Å². The van der Waals surface area contributed by atoms with Crippen molar-refractivity contribution in [3.8, 4) is 11.5 Å². The summed E-state index contributed by atoms with van der Waals surface area (Å²) < 4.78 is 20.1. The largest absolute Gasteiger partial charge is 0.460 e. The highest BCUT2D eigenvalue weighted by molar-refractivity contribution is 8.00. The molecule has 0 spiro atoms. The first-order valence-corrected chi connectivity index (χ1v) is 19.8. The lowest BCUT2D eigenvalue weighted by Gasteiger charge is -2.58. The number of aliphatic hydroxyl groups excluding tert-OH is 2. The average molecular weight is 741 g/mol. The molecule has 1 fully saturated rings. The molecule has 6 atom stereocenters. The van der Waals surface area contributed by atoms with Gasteiger partial charge in [-0.25, -0.2) is 4.79 Å². The van der Waals surface area contributed by atoms with E-state index in [-0.39, 0.29) is 48.7 Å². The van der Waals surface area contributed by atoms with Gasteiger partial charge in [0.25, 0.3) is 0 Å². The second kappa shape index (κ2) is 18.8. The Hall–Kier alpha value is -4.09. The zero-order chi connectivity index (χ0) is 37.0. The third-order valence-corrected chi connectivity index (χ3v) is 11.8. The van der Waals surface area contributed by atoms with Crippen LogP contribution in [0.4, 0.5) is 4.79 Å². The summed E-state index contributed by atoms with van der Waals surface area (Å²) in [5, 5.41) is 27.0. The summed E-state index contributed by atoms with van der Waals surface area (Å²) in [4.78, 5) is 20.0. The van der Waals surface area contributed by atoms with Crippen LogP contribution >= 0.6 is 11.8 Å². The Morgan fingerprint density at radius 3 is 2.47 bits per heavy atom. The first-order chi connectivity index (χ1) is 26.0. The highest BCUT2D eigenvalue weighted by Crippen LogP contribution is 2.63. The van der Waals surface area contributed by atoms with Crippen LogP contribution in [-0.4, -0.2) is 59.5 Å². The molecule has 3 aromatic carbocycles. The summed E-state index contributed by atoms with van der Waals surface area (Å²) in [6, 6.07) is 25.7. The second-order valence-electron chi connectivity index (χ2n) is 13.8. The summed E-state index contributed by atoms with van der Waals surface area (Å²) in [6.07, 6.45) is 9.05. The SMILES string of the molecule is C=CCOC12Oc3ccc(OC(=O)NCc4ccccc4)cc3C3C(CCCCO)C(CCCCO)C=C(C(=NOCC)CC1Sc1ccccc1)C32. The molecule has 10 heteroatoms. The number of allylic oxidation sites excluding steroid dienone is 1. The molecule has 6 rings (SSSR count). The number of hydrogen-bond donors (Lipinski definition) is 3. The van der Waals surface area contributed by atoms with Gasteiger partial charge >= 0.3 is 6.09 Å². The van der Waals surface area contributed by atoms with E-state index in [1.54, 1.807) is 23.9 Å². The van der Waals surface area contributed by atoms with Crippen molar-refractivity contribution in [1.29, 1.82) is 0 Å². The van der Waals surface area contributed by atoms with Gasteiger partial charge in [0.15, 0.2) is 0 Å². The number of hydrogen-bond acceptors (Lipinski definition) is 9. The number of benzene rings is 3. The quantitative estimate of drug-likeness (QED) is 0.0676. The first kappa shape index (κ1) is 38.6. The van der Waals surface area contributed by atoms with Crippen molar-refractivity contribution >= 4 is 23.6 Å². The Kier molecular flexibility index (Phi) is 13.7. The van der Waals surface area contributed by atoms with Gasteiger partial charge < -0.3 is 34.6 Å². The number of amides is 1. The van der Waals surface area contributed by atoms with Crippen LogP contribution < -0.4 is 14.8 Å². The van der Waals surface area contributed by atoms with Crippen molar-refractivity contribution in [3.05, 3.63) is 114 Å². The molecule has 0 bridgehead atoms. The predicted molar refractivity (Wildman–Crippen MR) is 208 cm³/mol. The van der Waals surface area contributed by atoms with E-state index < -0.39 is 11.9 Å². The normalized spacial score (nSPS) is 25.0. The van der Waals surface area contributed by atoms with Gasteiger partial charge in [-0.1, -0.05) is 78.7 Å². The van der Waals surface area contributed by atoms with Crippen molar-refractivity contribution in [1.82, 2.24) is 5.32 Å². The number of fused-ring (bicyclic) bond motifs is 2. The van der Waals surface area contributed by atoms with Gasteiger partial charge in [-0.05, 0) is 85.9 Å². The lowest BCUT2D eigenvalue weighted by Crippen LogP contribution is -2.64. The summed E-state index contributed by atoms with van der Waals surface area (Å²) in [7, 11) is 0. The molecule has 1 heterocycles. The number of ether oxygens (including phenoxy) is 3. The molecule has 3 aromatic rings. The van der Waals surface area contributed by atoms with Crippen LogP contribution in [0, 0.1) is 17.8 Å². The van der Waals surface area contributed by atoms with E-state index in [0.717, 1.165) is 59.4 Å². The molecule has 282 valence electrons. The Bertz CT molecular complexity index is 1720. The minimum Gasteiger partial charge on any atom is -0.460 e. The molecule has 3 aliphatic rings. The second-order valence-corrected chi connectivity index (χ2v) is 15.1. The van der Waals surface area contributed by atoms with Gasteiger partial charge in [0, 0.05) is 42.6 Å². The van der Waals surface area contributed by atoms with Crippen molar-refractivity contribution in [2.24, 2.45) is 22.9 Å². The average Bonchev–Trinajstić information content (AvgIpc) is 3.18. The summed E-state index contributed by atoms with van der Waals surface area (Å²) in [5.74, 6) is -0.0672. The molecule has 0 aromatic heterocycles. The molecule has 9 nitrogen and oxygen atoms in total. The number of rotatable bonds is 18. The van der Waals surface area contributed by atoms with Crippen molar-refractivity contribution in [3.63, 3.8) is 0 Å². The van der Waals surface area contributed by atoms with E-state index in [9.17, 15) is 15.0 Å². The lowest BCUT2D eigenvalue weighted by atomic mass is 9.56. The van der Waals surface area contributed by atoms with Crippen LogP contribution in [0.1, 0.15) is 68.9 Å². The zero-order valence-corrected chi connectivity index (χ0v) is 31.3. The number of carbonyl (C=O) groups excluding carboxylic acids is 1. The molecule has 1 saturated carbocycles. The zero-order valence-electron chi connectivity index (χ0n) is 30.5. The molecule has 0 saturated heterocycles. The smallest absolute Gasteiger partial charge is 0.412 e. The van der Waals surface area contributed by atoms with Crippen LogP contribution in [0.25, 0.3) is 0 Å². The number of oxime groups is 1. The minimum absolute atomic E-state index is 0.108. The van der Waals surface area contributed by atoms with Crippen LogP contribution in [0.2, 0.25) is 0 Å². The monoisotopic (exact) mass is 740 g/mol. The fraction of sp³-hybridized carbons (Fsp3) is 0.442. The number of carbonyl (C=O) groups is 1. The molecule has 3 N–H and O–H groups in total. The highest BCUT2D eigenvalue weighted by Gasteiger charge is 2.64. The van der Waals surface area contributed by atoms with E-state index in [2.05, 4.69) is 30.1 Å². The molecule has 1 aliphatic heterocycles. The van der Waals surface area contributed by atoms with Crippen LogP contribution in [-0.2, 0) is 16.1 Å². The van der Waals surface area contributed by atoms with Crippen LogP contribution in [0.5, 0.6) is 11.5 Å². The topological polar surface area (TPSA) is 119 Å². The molecular formula is C43H52N2O7S. The minimum atomic E-state index is -1.09. The van der Waals surface area contributed by atoms with Crippen LogP contribution in [0.3, 0.4) is 0 Å². The van der Waals surface area contributed by atoms with E-state index >= 15 is 0 Å². The third kappa shape index (κ3) is 9.00. The summed E-state index contributed by atoms with van der Waals surface area (Å²) in [5.41, 5.74) is 3.87. The van der Waals surface area contributed by atoms with Gasteiger partial charge in [0.2, 0.25) is 5.79 Å². The highest BCUT2D eigenvalue weighted by atomic mass is 32.2. The molecule has 2 aliphatic carbocycles. The molecule has 1 amide bonds. The maximum Gasteiger partial charge on any atom is 0.412 e. The molecule has 6 unspecified atom stereocenters. The molecule has 53 heavy (non-hydrogen) atoms. The van der Waals surface area contributed by atoms with Crippen molar-refractivity contribution in [2.45, 2.75) is 80.3 Å². The van der Waals surface area contributed by atoms with Crippen LogP contribution in [0.15, 0.2) is 113 Å². The first-order valence-electron chi connectivity index (χ1n) is 18.9. The number of nitrogens with zero attached hydrogens (tertiary/aromatic N) is 1. The number of unbranched alkanes of at least 4 members (excludes halogenated alkanes) is 2. The van der Waals surface area contributed by atoms with E-state index in [1.165, 1.54) is 0 Å². The van der Waals surface area contributed by atoms with Gasteiger partial charge in [-0.3, -0.25) is 0 Å². The van der Waals surface area contributed by atoms with E-state index in [0.29, 0.717) is 37.5 Å². The maximum absolute atomic E-state index is 13.1. The Balaban J connectivity index is 1.47. The fourth-order valence-electron chi connectivity index (χ4n) is 8.21. The van der Waals surface area contributed by atoms with Crippen molar-refractivity contribution < 1.29 is 34.1 Å². The number of thioether (sulfide) groups is 1. The molecule has 0 radical (unpaired) electrons. The van der Waals surface area contributed by atoms with E-state index in [4.69, 9.17) is 24.2 Å². The number of aliphatic hydroxyl groups is 2. The fourth-order valence-corrected chi connectivity index (χ4v) is 9.52. The van der Waals surface area contributed by atoms with Gasteiger partial charge in [-0.2, -0.15) is 0 Å². The summed E-state index contributed by atoms with van der Waals surface area (Å²) >= 11 is 1.72. The summed E-state index contributed by atoms with van der Waals surface area (Å²) in [6.45, 7) is 7.28. The Morgan fingerprint density at radius 2 is 1.75 bits per heavy atom. The van der Waals surface area contributed by atoms with Gasteiger partial charge in [0.05, 0.1) is 23.5 Å². The van der Waals surface area contributed by atoms with Gasteiger partial charge in [-0.15, -0.1) is 18.3 Å².